The highest BCUT2D eigenvalue weighted by molar-refractivity contribution is 5.95. The van der Waals surface area contributed by atoms with E-state index in [0.717, 1.165) is 31.6 Å². The van der Waals surface area contributed by atoms with Crippen molar-refractivity contribution < 1.29 is 5.11 Å². The Hall–Kier alpha value is -1.39. The molecule has 1 aromatic rings. The Balaban J connectivity index is 2.04. The van der Waals surface area contributed by atoms with Gasteiger partial charge in [-0.2, -0.15) is 0 Å². The Kier molecular flexibility index (Phi) is 3.99. The van der Waals surface area contributed by atoms with E-state index in [4.69, 9.17) is 16.2 Å². The van der Waals surface area contributed by atoms with Crippen molar-refractivity contribution in [1.29, 1.82) is 5.41 Å². The molecule has 0 radical (unpaired) electrons. The Morgan fingerprint density at radius 3 is 2.89 bits per heavy atom. The Morgan fingerprint density at radius 2 is 2.33 bits per heavy atom. The van der Waals surface area contributed by atoms with E-state index in [1.807, 2.05) is 12.1 Å². The lowest BCUT2D eigenvalue weighted by atomic mass is 10.0. The molecule has 4 nitrogen and oxygen atoms in total. The zero-order chi connectivity index (χ0) is 13.1. The van der Waals surface area contributed by atoms with Gasteiger partial charge < -0.3 is 10.8 Å². The van der Waals surface area contributed by atoms with Gasteiger partial charge in [0.25, 0.3) is 0 Å². The third kappa shape index (κ3) is 2.89. The molecule has 1 heterocycles. The fourth-order valence-electron chi connectivity index (χ4n) is 2.49. The molecule has 4 heteroatoms. The number of benzene rings is 1. The lowest BCUT2D eigenvalue weighted by Crippen LogP contribution is -2.21. The molecule has 1 aliphatic heterocycles. The van der Waals surface area contributed by atoms with E-state index in [1.165, 1.54) is 11.1 Å². The summed E-state index contributed by atoms with van der Waals surface area (Å²) in [4.78, 5) is 2.37. The second-order valence-corrected chi connectivity index (χ2v) is 5.13. The summed E-state index contributed by atoms with van der Waals surface area (Å²) < 4.78 is 0. The minimum atomic E-state index is 0.117. The summed E-state index contributed by atoms with van der Waals surface area (Å²) in [6.07, 6.45) is 1.08. The minimum Gasteiger partial charge on any atom is -0.396 e. The van der Waals surface area contributed by atoms with Crippen LogP contribution in [0.4, 0.5) is 0 Å². The summed E-state index contributed by atoms with van der Waals surface area (Å²) in [6.45, 7) is 5.30. The summed E-state index contributed by atoms with van der Waals surface area (Å²) in [5.41, 5.74) is 8.71. The Morgan fingerprint density at radius 1 is 1.56 bits per heavy atom. The number of aliphatic hydroxyl groups excluding tert-OH is 1. The van der Waals surface area contributed by atoms with Crippen LogP contribution in [0.25, 0.3) is 0 Å². The first kappa shape index (κ1) is 13.1. The van der Waals surface area contributed by atoms with E-state index in [-0.39, 0.29) is 5.84 Å². The normalized spacial score (nSPS) is 20.2. The summed E-state index contributed by atoms with van der Waals surface area (Å²) in [6, 6.07) is 5.93. The maximum atomic E-state index is 9.14. The van der Waals surface area contributed by atoms with Crippen LogP contribution in [0, 0.1) is 18.3 Å². The summed E-state index contributed by atoms with van der Waals surface area (Å²) in [7, 11) is 0. The number of amidine groups is 1. The molecule has 1 aliphatic rings. The predicted octanol–water partition coefficient (Wildman–Crippen LogP) is 1.09. The van der Waals surface area contributed by atoms with Crippen LogP contribution in [-0.2, 0) is 6.54 Å². The molecule has 1 aromatic carbocycles. The number of rotatable bonds is 4. The van der Waals surface area contributed by atoms with Gasteiger partial charge >= 0.3 is 0 Å². The fraction of sp³-hybridized carbons (Fsp3) is 0.500. The largest absolute Gasteiger partial charge is 0.396 e. The number of hydrogen-bond acceptors (Lipinski definition) is 3. The van der Waals surface area contributed by atoms with Crippen LogP contribution in [0.3, 0.4) is 0 Å². The first-order valence-electron chi connectivity index (χ1n) is 6.37. The molecule has 0 amide bonds. The molecule has 1 saturated heterocycles. The SMILES string of the molecule is Cc1cc(C(=N)N)ccc1CN1CCC(CO)C1. The smallest absolute Gasteiger partial charge is 0.122 e. The van der Waals surface area contributed by atoms with Gasteiger partial charge in [-0.25, -0.2) is 0 Å². The molecular weight excluding hydrogens is 226 g/mol. The number of nitrogens with one attached hydrogen (secondary N) is 1. The molecule has 0 spiro atoms. The number of aryl methyl sites for hydroxylation is 1. The number of likely N-dealkylation sites (tertiary alicyclic amines) is 1. The maximum absolute atomic E-state index is 9.14. The molecule has 4 N–H and O–H groups in total. The van der Waals surface area contributed by atoms with E-state index in [2.05, 4.69) is 17.9 Å². The number of nitrogens with zero attached hydrogens (tertiary/aromatic N) is 1. The van der Waals surface area contributed by atoms with Gasteiger partial charge in [-0.05, 0) is 43.0 Å². The van der Waals surface area contributed by atoms with Crippen molar-refractivity contribution in [1.82, 2.24) is 4.90 Å². The topological polar surface area (TPSA) is 73.3 Å². The van der Waals surface area contributed by atoms with E-state index in [9.17, 15) is 0 Å². The quantitative estimate of drug-likeness (QED) is 0.551. The first-order valence-corrected chi connectivity index (χ1v) is 6.37. The van der Waals surface area contributed by atoms with Gasteiger partial charge in [-0.1, -0.05) is 12.1 Å². The molecule has 2 rings (SSSR count). The second-order valence-electron chi connectivity index (χ2n) is 5.13. The van der Waals surface area contributed by atoms with Crippen LogP contribution in [0.5, 0.6) is 0 Å². The van der Waals surface area contributed by atoms with Crippen molar-refractivity contribution in [2.24, 2.45) is 11.7 Å². The van der Waals surface area contributed by atoms with Gasteiger partial charge in [0.1, 0.15) is 5.84 Å². The number of nitrogen functional groups attached to an aromatic ring is 1. The lowest BCUT2D eigenvalue weighted by molar-refractivity contribution is 0.220. The van der Waals surface area contributed by atoms with Crippen LogP contribution >= 0.6 is 0 Å². The average Bonchev–Trinajstić information content (AvgIpc) is 2.79. The molecule has 0 aliphatic carbocycles. The molecule has 18 heavy (non-hydrogen) atoms. The summed E-state index contributed by atoms with van der Waals surface area (Å²) >= 11 is 0. The van der Waals surface area contributed by atoms with E-state index >= 15 is 0 Å². The van der Waals surface area contributed by atoms with Crippen LogP contribution in [0.15, 0.2) is 18.2 Å². The minimum absolute atomic E-state index is 0.117. The third-order valence-corrected chi connectivity index (χ3v) is 3.68. The monoisotopic (exact) mass is 247 g/mol. The fourth-order valence-corrected chi connectivity index (χ4v) is 2.49. The number of nitrogens with two attached hydrogens (primary N) is 1. The molecule has 0 saturated carbocycles. The van der Waals surface area contributed by atoms with Crippen molar-refractivity contribution in [3.8, 4) is 0 Å². The third-order valence-electron chi connectivity index (χ3n) is 3.68. The lowest BCUT2D eigenvalue weighted by Gasteiger charge is -2.17. The first-order chi connectivity index (χ1) is 8.60. The molecule has 1 fully saturated rings. The molecule has 98 valence electrons. The van der Waals surface area contributed by atoms with Gasteiger partial charge in [0.15, 0.2) is 0 Å². The van der Waals surface area contributed by atoms with Gasteiger partial charge in [0, 0.05) is 25.3 Å². The van der Waals surface area contributed by atoms with E-state index in [1.54, 1.807) is 0 Å². The van der Waals surface area contributed by atoms with Crippen molar-refractivity contribution in [3.63, 3.8) is 0 Å². The van der Waals surface area contributed by atoms with Gasteiger partial charge in [-0.3, -0.25) is 10.3 Å². The van der Waals surface area contributed by atoms with Crippen LogP contribution < -0.4 is 5.73 Å². The van der Waals surface area contributed by atoms with Crippen molar-refractivity contribution >= 4 is 5.84 Å². The summed E-state index contributed by atoms with van der Waals surface area (Å²) in [5.74, 6) is 0.549. The average molecular weight is 247 g/mol. The van der Waals surface area contributed by atoms with Crippen LogP contribution in [0.1, 0.15) is 23.1 Å². The van der Waals surface area contributed by atoms with Crippen molar-refractivity contribution in [2.45, 2.75) is 19.9 Å². The zero-order valence-corrected chi connectivity index (χ0v) is 10.8. The highest BCUT2D eigenvalue weighted by Crippen LogP contribution is 2.20. The zero-order valence-electron chi connectivity index (χ0n) is 10.8. The molecule has 0 bridgehead atoms. The van der Waals surface area contributed by atoms with E-state index in [0.29, 0.717) is 12.5 Å². The number of aliphatic hydroxyl groups is 1. The van der Waals surface area contributed by atoms with Gasteiger partial charge in [0.2, 0.25) is 0 Å². The van der Waals surface area contributed by atoms with Crippen LogP contribution in [0.2, 0.25) is 0 Å². The predicted molar refractivity (Wildman–Crippen MR) is 72.7 cm³/mol. The van der Waals surface area contributed by atoms with Crippen molar-refractivity contribution in [2.75, 3.05) is 19.7 Å². The van der Waals surface area contributed by atoms with Crippen LogP contribution in [-0.4, -0.2) is 35.5 Å². The standard InChI is InChI=1S/C14H21N3O/c1-10-6-12(14(15)16)2-3-13(10)8-17-5-4-11(7-17)9-18/h2-3,6,11,18H,4-5,7-9H2,1H3,(H3,15,16). The second kappa shape index (κ2) is 5.50. The Labute approximate surface area is 108 Å². The molecule has 0 aromatic heterocycles. The molecule has 1 unspecified atom stereocenters. The highest BCUT2D eigenvalue weighted by Gasteiger charge is 2.21. The maximum Gasteiger partial charge on any atom is 0.122 e. The highest BCUT2D eigenvalue weighted by atomic mass is 16.3. The molecule has 1 atom stereocenters. The van der Waals surface area contributed by atoms with E-state index < -0.39 is 0 Å². The Bertz CT molecular complexity index is 445. The van der Waals surface area contributed by atoms with Gasteiger partial charge in [-0.15, -0.1) is 0 Å². The summed E-state index contributed by atoms with van der Waals surface area (Å²) in [5, 5.41) is 16.6. The van der Waals surface area contributed by atoms with Gasteiger partial charge in [0.05, 0.1) is 0 Å². The van der Waals surface area contributed by atoms with Crippen molar-refractivity contribution in [3.05, 3.63) is 34.9 Å². The number of hydrogen-bond donors (Lipinski definition) is 3. The molecular formula is C14H21N3O.